The summed E-state index contributed by atoms with van der Waals surface area (Å²) in [5.74, 6) is 0. The summed E-state index contributed by atoms with van der Waals surface area (Å²) >= 11 is 0. The van der Waals surface area contributed by atoms with Gasteiger partial charge >= 0.3 is 8.25 Å². The monoisotopic (exact) mass is 205 g/mol. The van der Waals surface area contributed by atoms with Crippen molar-refractivity contribution in [1.82, 2.24) is 9.97 Å². The van der Waals surface area contributed by atoms with Crippen LogP contribution in [0.4, 0.5) is 0 Å². The van der Waals surface area contributed by atoms with Gasteiger partial charge in [-0.05, 0) is 6.92 Å². The van der Waals surface area contributed by atoms with E-state index in [1.165, 1.54) is 0 Å². The van der Waals surface area contributed by atoms with Crippen molar-refractivity contribution in [3.63, 3.8) is 0 Å². The highest BCUT2D eigenvalue weighted by molar-refractivity contribution is 7.32. The van der Waals surface area contributed by atoms with Crippen LogP contribution < -0.4 is 0 Å². The average Bonchev–Trinajstić information content (AvgIpc) is 2.60. The van der Waals surface area contributed by atoms with Crippen LogP contribution in [0.3, 0.4) is 0 Å². The number of rotatable bonds is 2. The molecule has 0 aromatic carbocycles. The summed E-state index contributed by atoms with van der Waals surface area (Å²) in [6.07, 6.45) is 4.63. The lowest BCUT2D eigenvalue weighted by Crippen LogP contribution is -1.87. The Bertz CT molecular complexity index is 236. The van der Waals surface area contributed by atoms with Crippen LogP contribution in [0.15, 0.2) is 18.7 Å². The Hall–Kier alpha value is -0.810. The Kier molecular flexibility index (Phi) is 3.98. The number of imidazole rings is 1. The summed E-state index contributed by atoms with van der Waals surface area (Å²) in [5.41, 5.74) is 0. The molecule has 0 spiro atoms. The summed E-state index contributed by atoms with van der Waals surface area (Å²) in [6.45, 7) is 1.77. The second-order valence-electron chi connectivity index (χ2n) is 2.31. The van der Waals surface area contributed by atoms with E-state index in [2.05, 4.69) is 19.2 Å². The van der Waals surface area contributed by atoms with Crippen LogP contribution >= 0.6 is 8.25 Å². The van der Waals surface area contributed by atoms with Crippen molar-refractivity contribution in [3.8, 4) is 0 Å². The zero-order chi connectivity index (χ0) is 9.68. The standard InChI is InChI=1S/C3H4N2.C3H5O4P/c1-2-5-3-4-1;1-2-3(6-2)7-8(4)5/h1-3H,(H,4,5);2-3H,1H3/p+1/t;2-,3+/m.1/s1. The molecule has 1 aromatic heterocycles. The van der Waals surface area contributed by atoms with Gasteiger partial charge in [0.1, 0.15) is 6.10 Å². The summed E-state index contributed by atoms with van der Waals surface area (Å²) < 4.78 is 18.8. The van der Waals surface area contributed by atoms with E-state index in [0.717, 1.165) is 0 Å². The van der Waals surface area contributed by atoms with Gasteiger partial charge in [0.2, 0.25) is 6.29 Å². The predicted octanol–water partition coefficient (Wildman–Crippen LogP) is 0.807. The Morgan fingerprint density at radius 1 is 1.77 bits per heavy atom. The van der Waals surface area contributed by atoms with Crippen molar-refractivity contribution in [2.45, 2.75) is 19.3 Å². The summed E-state index contributed by atoms with van der Waals surface area (Å²) in [6, 6.07) is 0. The maximum absolute atomic E-state index is 9.84. The molecule has 1 aliphatic rings. The van der Waals surface area contributed by atoms with E-state index in [1.54, 1.807) is 25.6 Å². The lowest BCUT2D eigenvalue weighted by Gasteiger charge is -1.70. The molecule has 2 rings (SSSR count). The van der Waals surface area contributed by atoms with Gasteiger partial charge in [0.25, 0.3) is 0 Å². The van der Waals surface area contributed by atoms with E-state index in [4.69, 9.17) is 4.89 Å². The molecule has 0 aliphatic carbocycles. The third-order valence-corrected chi connectivity index (χ3v) is 1.64. The van der Waals surface area contributed by atoms with Crippen LogP contribution in [-0.4, -0.2) is 27.3 Å². The molecule has 0 amide bonds. The molecule has 1 unspecified atom stereocenters. The SMILES string of the molecule is C[C@H]1O[C@H]1O[P+](=O)O.c1c[nH]cn1. The Morgan fingerprint density at radius 2 is 2.46 bits per heavy atom. The first-order valence-corrected chi connectivity index (χ1v) is 4.74. The van der Waals surface area contributed by atoms with Crippen LogP contribution in [0.25, 0.3) is 0 Å². The maximum Gasteiger partial charge on any atom is 0.697 e. The smallest absolute Gasteiger partial charge is 0.351 e. The predicted molar refractivity (Wildman–Crippen MR) is 43.8 cm³/mol. The molecule has 1 fully saturated rings. The van der Waals surface area contributed by atoms with Crippen molar-refractivity contribution in [2.75, 3.05) is 0 Å². The van der Waals surface area contributed by atoms with Crippen LogP contribution in [-0.2, 0) is 13.8 Å². The number of hydrogen-bond acceptors (Lipinski definition) is 4. The first-order valence-electron chi connectivity index (χ1n) is 3.61. The van der Waals surface area contributed by atoms with Gasteiger partial charge in [-0.3, -0.25) is 0 Å². The van der Waals surface area contributed by atoms with Crippen molar-refractivity contribution in [3.05, 3.63) is 18.7 Å². The molecule has 1 aromatic rings. The number of epoxide rings is 1. The Labute approximate surface area is 75.9 Å². The van der Waals surface area contributed by atoms with Crippen molar-refractivity contribution in [2.24, 2.45) is 0 Å². The summed E-state index contributed by atoms with van der Waals surface area (Å²) in [7, 11) is -2.48. The number of aromatic amines is 1. The highest BCUT2D eigenvalue weighted by Gasteiger charge is 2.43. The van der Waals surface area contributed by atoms with Gasteiger partial charge in [-0.2, -0.15) is 0 Å². The molecule has 3 atom stereocenters. The lowest BCUT2D eigenvalue weighted by molar-refractivity contribution is 0.169. The van der Waals surface area contributed by atoms with Crippen LogP contribution in [0.2, 0.25) is 0 Å². The van der Waals surface area contributed by atoms with Gasteiger partial charge in [0.05, 0.1) is 6.33 Å². The molecular formula is C6H10N2O4P+. The largest absolute Gasteiger partial charge is 0.697 e. The van der Waals surface area contributed by atoms with Gasteiger partial charge in [0.15, 0.2) is 0 Å². The molecule has 1 saturated heterocycles. The number of H-pyrrole nitrogens is 1. The molecular weight excluding hydrogens is 195 g/mol. The number of hydrogen-bond donors (Lipinski definition) is 2. The minimum atomic E-state index is -2.48. The first kappa shape index (κ1) is 10.3. The highest BCUT2D eigenvalue weighted by atomic mass is 31.1. The molecule has 1 aliphatic heterocycles. The minimum absolute atomic E-state index is 0.0129. The molecule has 0 bridgehead atoms. The topological polar surface area (TPSA) is 87.7 Å². The van der Waals surface area contributed by atoms with Crippen molar-refractivity contribution >= 4 is 8.25 Å². The van der Waals surface area contributed by atoms with Crippen molar-refractivity contribution in [1.29, 1.82) is 0 Å². The van der Waals surface area contributed by atoms with E-state index in [-0.39, 0.29) is 6.10 Å². The number of nitrogens with one attached hydrogen (secondary N) is 1. The third-order valence-electron chi connectivity index (χ3n) is 1.26. The average molecular weight is 205 g/mol. The number of ether oxygens (including phenoxy) is 1. The molecule has 0 saturated carbocycles. The molecule has 7 heteroatoms. The first-order chi connectivity index (χ1) is 6.20. The second kappa shape index (κ2) is 5.04. The molecule has 2 heterocycles. The van der Waals surface area contributed by atoms with Crippen LogP contribution in [0.1, 0.15) is 6.92 Å². The fourth-order valence-electron chi connectivity index (χ4n) is 0.581. The molecule has 72 valence electrons. The zero-order valence-electron chi connectivity index (χ0n) is 6.95. The van der Waals surface area contributed by atoms with Gasteiger partial charge in [0, 0.05) is 17.0 Å². The van der Waals surface area contributed by atoms with Crippen LogP contribution in [0.5, 0.6) is 0 Å². The van der Waals surface area contributed by atoms with E-state index < -0.39 is 14.5 Å². The molecule has 13 heavy (non-hydrogen) atoms. The van der Waals surface area contributed by atoms with Crippen LogP contribution in [0, 0.1) is 0 Å². The Morgan fingerprint density at radius 3 is 2.62 bits per heavy atom. The highest BCUT2D eigenvalue weighted by Crippen LogP contribution is 2.31. The van der Waals surface area contributed by atoms with Gasteiger partial charge in [-0.1, -0.05) is 4.52 Å². The zero-order valence-corrected chi connectivity index (χ0v) is 7.85. The molecule has 2 N–H and O–H groups in total. The lowest BCUT2D eigenvalue weighted by atomic mass is 10.5. The summed E-state index contributed by atoms with van der Waals surface area (Å²) in [4.78, 5) is 14.5. The van der Waals surface area contributed by atoms with E-state index in [9.17, 15) is 4.57 Å². The number of aromatic nitrogens is 2. The van der Waals surface area contributed by atoms with Gasteiger partial charge in [-0.15, -0.1) is 4.89 Å². The van der Waals surface area contributed by atoms with E-state index in [1.807, 2.05) is 0 Å². The van der Waals surface area contributed by atoms with E-state index in [0.29, 0.717) is 0 Å². The third kappa shape index (κ3) is 4.69. The minimum Gasteiger partial charge on any atom is -0.351 e. The van der Waals surface area contributed by atoms with Crippen molar-refractivity contribution < 1.29 is 18.7 Å². The molecule has 0 radical (unpaired) electrons. The summed E-state index contributed by atoms with van der Waals surface area (Å²) in [5, 5.41) is 0. The van der Waals surface area contributed by atoms with Gasteiger partial charge < -0.3 is 9.72 Å². The second-order valence-corrected chi connectivity index (χ2v) is 3.00. The fourth-order valence-corrected chi connectivity index (χ4v) is 0.980. The maximum atomic E-state index is 9.84. The quantitative estimate of drug-likeness (QED) is 0.550. The molecule has 6 nitrogen and oxygen atoms in total. The Balaban J connectivity index is 0.000000145. The normalized spacial score (nSPS) is 25.8. The van der Waals surface area contributed by atoms with Gasteiger partial charge in [-0.25, -0.2) is 4.98 Å². The van der Waals surface area contributed by atoms with E-state index >= 15 is 0 Å². The number of nitrogens with zero attached hydrogens (tertiary/aromatic N) is 1. The fraction of sp³-hybridized carbons (Fsp3) is 0.500.